The fraction of sp³-hybridized carbons (Fsp3) is 0.667. The van der Waals surface area contributed by atoms with E-state index in [1.165, 1.54) is 51.0 Å². The van der Waals surface area contributed by atoms with Gasteiger partial charge in [0, 0.05) is 5.02 Å². The highest BCUT2D eigenvalue weighted by Gasteiger charge is 2.35. The van der Waals surface area contributed by atoms with Crippen molar-refractivity contribution in [1.29, 1.82) is 0 Å². The monoisotopic (exact) mass is 328 g/mol. The standard InChI is InChI=1S/C18H23Cl2F/c1-11-8-15(16(19)10-17(11)21)18(20)14-7-6-12-4-2-3-5-13(12)9-14/h8,10,12-14,18H,2-7,9H2,1H3. The SMILES string of the molecule is Cc1cc(C(Cl)C2CCC3CCCCC3C2)c(Cl)cc1F. The molecule has 2 saturated carbocycles. The van der Waals surface area contributed by atoms with Gasteiger partial charge < -0.3 is 0 Å². The lowest BCUT2D eigenvalue weighted by atomic mass is 9.66. The molecule has 0 saturated heterocycles. The molecule has 0 radical (unpaired) electrons. The first-order valence-corrected chi connectivity index (χ1v) is 8.97. The number of hydrogen-bond donors (Lipinski definition) is 0. The molecule has 2 aliphatic rings. The summed E-state index contributed by atoms with van der Waals surface area (Å²) in [4.78, 5) is 0. The lowest BCUT2D eigenvalue weighted by Gasteiger charge is -2.41. The van der Waals surface area contributed by atoms with Crippen LogP contribution in [0.4, 0.5) is 4.39 Å². The van der Waals surface area contributed by atoms with Crippen molar-refractivity contribution in [2.45, 2.75) is 57.2 Å². The Kier molecular flexibility index (Phi) is 4.81. The molecule has 0 aromatic heterocycles. The normalized spacial score (nSPS) is 30.8. The predicted octanol–water partition coefficient (Wildman–Crippen LogP) is 6.67. The van der Waals surface area contributed by atoms with Crippen LogP contribution in [0.25, 0.3) is 0 Å². The molecule has 2 aliphatic carbocycles. The molecule has 4 atom stereocenters. The van der Waals surface area contributed by atoms with Gasteiger partial charge in [0.2, 0.25) is 0 Å². The second-order valence-corrected chi connectivity index (χ2v) is 7.78. The van der Waals surface area contributed by atoms with Gasteiger partial charge in [0.05, 0.1) is 5.38 Å². The van der Waals surface area contributed by atoms with Crippen LogP contribution in [0.15, 0.2) is 12.1 Å². The molecular weight excluding hydrogens is 306 g/mol. The van der Waals surface area contributed by atoms with Crippen molar-refractivity contribution in [3.05, 3.63) is 34.1 Å². The summed E-state index contributed by atoms with van der Waals surface area (Å²) in [6.07, 6.45) is 9.24. The Labute approximate surface area is 137 Å². The van der Waals surface area contributed by atoms with Gasteiger partial charge >= 0.3 is 0 Å². The summed E-state index contributed by atoms with van der Waals surface area (Å²) in [5, 5.41) is 0.392. The van der Waals surface area contributed by atoms with E-state index in [1.54, 1.807) is 6.92 Å². The maximum atomic E-state index is 13.6. The van der Waals surface area contributed by atoms with Crippen molar-refractivity contribution in [3.8, 4) is 0 Å². The first-order chi connectivity index (χ1) is 10.1. The number of halogens is 3. The summed E-state index contributed by atoms with van der Waals surface area (Å²) in [7, 11) is 0. The Morgan fingerprint density at radius 2 is 1.81 bits per heavy atom. The zero-order valence-electron chi connectivity index (χ0n) is 12.5. The molecule has 0 nitrogen and oxygen atoms in total. The van der Waals surface area contributed by atoms with Crippen LogP contribution in [-0.4, -0.2) is 0 Å². The maximum Gasteiger partial charge on any atom is 0.127 e. The number of aryl methyl sites for hydroxylation is 1. The van der Waals surface area contributed by atoms with Gasteiger partial charge in [0.25, 0.3) is 0 Å². The van der Waals surface area contributed by atoms with Gasteiger partial charge in [-0.3, -0.25) is 0 Å². The Morgan fingerprint density at radius 3 is 2.57 bits per heavy atom. The molecule has 0 spiro atoms. The molecule has 3 rings (SSSR count). The smallest absolute Gasteiger partial charge is 0.127 e. The van der Waals surface area contributed by atoms with Crippen LogP contribution in [0, 0.1) is 30.5 Å². The summed E-state index contributed by atoms with van der Waals surface area (Å²) in [5.41, 5.74) is 1.54. The molecule has 0 aliphatic heterocycles. The fourth-order valence-corrected chi connectivity index (χ4v) is 5.05. The summed E-state index contributed by atoms with van der Waals surface area (Å²) in [6.45, 7) is 1.77. The lowest BCUT2D eigenvalue weighted by Crippen LogP contribution is -2.29. The molecule has 3 heteroatoms. The van der Waals surface area contributed by atoms with E-state index in [-0.39, 0.29) is 11.2 Å². The van der Waals surface area contributed by atoms with Gasteiger partial charge in [-0.2, -0.15) is 0 Å². The van der Waals surface area contributed by atoms with E-state index < -0.39 is 0 Å². The minimum atomic E-state index is -0.247. The van der Waals surface area contributed by atoms with Crippen LogP contribution < -0.4 is 0 Å². The highest BCUT2D eigenvalue weighted by Crippen LogP contribution is 2.48. The van der Waals surface area contributed by atoms with Crippen molar-refractivity contribution in [2.24, 2.45) is 17.8 Å². The molecule has 0 N–H and O–H groups in total. The Morgan fingerprint density at radius 1 is 1.10 bits per heavy atom. The van der Waals surface area contributed by atoms with Gasteiger partial charge in [-0.1, -0.05) is 43.4 Å². The number of hydrogen-bond acceptors (Lipinski definition) is 0. The van der Waals surface area contributed by atoms with E-state index in [0.717, 1.165) is 17.4 Å². The van der Waals surface area contributed by atoms with E-state index in [9.17, 15) is 4.39 Å². The van der Waals surface area contributed by atoms with Gasteiger partial charge in [0.15, 0.2) is 0 Å². The lowest BCUT2D eigenvalue weighted by molar-refractivity contribution is 0.127. The maximum absolute atomic E-state index is 13.6. The highest BCUT2D eigenvalue weighted by atomic mass is 35.5. The number of rotatable bonds is 2. The Hall–Kier alpha value is -0.270. The molecule has 116 valence electrons. The van der Waals surface area contributed by atoms with E-state index in [0.29, 0.717) is 16.5 Å². The molecule has 1 aromatic rings. The number of alkyl halides is 1. The molecule has 2 fully saturated rings. The molecule has 21 heavy (non-hydrogen) atoms. The first kappa shape index (κ1) is 15.6. The average molecular weight is 329 g/mol. The van der Waals surface area contributed by atoms with E-state index in [4.69, 9.17) is 23.2 Å². The topological polar surface area (TPSA) is 0 Å². The number of benzene rings is 1. The quantitative estimate of drug-likeness (QED) is 0.531. The second kappa shape index (κ2) is 6.46. The minimum absolute atomic E-state index is 0.0836. The average Bonchev–Trinajstić information content (AvgIpc) is 2.50. The van der Waals surface area contributed by atoms with E-state index in [1.807, 2.05) is 6.07 Å². The third-order valence-corrected chi connectivity index (χ3v) is 6.49. The third kappa shape index (κ3) is 3.24. The highest BCUT2D eigenvalue weighted by molar-refractivity contribution is 6.32. The fourth-order valence-electron chi connectivity index (χ4n) is 4.32. The van der Waals surface area contributed by atoms with Crippen molar-refractivity contribution < 1.29 is 4.39 Å². The van der Waals surface area contributed by atoms with Gasteiger partial charge in [0.1, 0.15) is 5.82 Å². The third-order valence-electron chi connectivity index (χ3n) is 5.57. The van der Waals surface area contributed by atoms with Crippen LogP contribution in [0.5, 0.6) is 0 Å². The molecule has 0 heterocycles. The summed E-state index contributed by atoms with van der Waals surface area (Å²) in [5.74, 6) is 2.00. The zero-order valence-corrected chi connectivity index (χ0v) is 14.1. The van der Waals surface area contributed by atoms with Crippen molar-refractivity contribution in [2.75, 3.05) is 0 Å². The van der Waals surface area contributed by atoms with Crippen molar-refractivity contribution in [3.63, 3.8) is 0 Å². The molecule has 0 bridgehead atoms. The minimum Gasteiger partial charge on any atom is -0.207 e. The van der Waals surface area contributed by atoms with Crippen LogP contribution in [0.2, 0.25) is 5.02 Å². The molecular formula is C18H23Cl2F. The van der Waals surface area contributed by atoms with Crippen LogP contribution in [0.3, 0.4) is 0 Å². The van der Waals surface area contributed by atoms with Crippen LogP contribution in [0.1, 0.15) is 61.4 Å². The second-order valence-electron chi connectivity index (χ2n) is 6.90. The molecule has 0 amide bonds. The zero-order chi connectivity index (χ0) is 15.0. The van der Waals surface area contributed by atoms with Crippen molar-refractivity contribution >= 4 is 23.2 Å². The van der Waals surface area contributed by atoms with Crippen molar-refractivity contribution in [1.82, 2.24) is 0 Å². The van der Waals surface area contributed by atoms with Crippen LogP contribution >= 0.6 is 23.2 Å². The summed E-state index contributed by atoms with van der Waals surface area (Å²) >= 11 is 13.0. The largest absolute Gasteiger partial charge is 0.207 e. The number of fused-ring (bicyclic) bond motifs is 1. The van der Waals surface area contributed by atoms with E-state index >= 15 is 0 Å². The first-order valence-electron chi connectivity index (χ1n) is 8.16. The predicted molar refractivity (Wildman–Crippen MR) is 87.5 cm³/mol. The molecule has 1 aromatic carbocycles. The molecule has 4 unspecified atom stereocenters. The van der Waals surface area contributed by atoms with Gasteiger partial charge in [-0.25, -0.2) is 4.39 Å². The Balaban J connectivity index is 1.76. The van der Waals surface area contributed by atoms with Gasteiger partial charge in [-0.15, -0.1) is 11.6 Å². The van der Waals surface area contributed by atoms with Crippen LogP contribution in [-0.2, 0) is 0 Å². The summed E-state index contributed by atoms with van der Waals surface area (Å²) < 4.78 is 13.6. The van der Waals surface area contributed by atoms with E-state index in [2.05, 4.69) is 0 Å². The Bertz CT molecular complexity index is 514. The summed E-state index contributed by atoms with van der Waals surface area (Å²) in [6, 6.07) is 3.25. The van der Waals surface area contributed by atoms with Gasteiger partial charge in [-0.05, 0) is 61.1 Å².